The average Bonchev–Trinajstić information content (AvgIpc) is 2.35. The van der Waals surface area contributed by atoms with Crippen LogP contribution in [0.4, 0.5) is 0 Å². The van der Waals surface area contributed by atoms with Crippen LogP contribution in [-0.4, -0.2) is 29.8 Å². The number of carbonyl (C=O) groups excluding carboxylic acids is 1. The third-order valence-corrected chi connectivity index (χ3v) is 4.34. The van der Waals surface area contributed by atoms with E-state index in [1.165, 1.54) is 5.56 Å². The summed E-state index contributed by atoms with van der Waals surface area (Å²) in [5, 5.41) is 0. The van der Waals surface area contributed by atoms with Gasteiger partial charge in [0.1, 0.15) is 0 Å². The summed E-state index contributed by atoms with van der Waals surface area (Å²) in [6.45, 7) is 4.43. The quantitative estimate of drug-likeness (QED) is 0.774. The van der Waals surface area contributed by atoms with Crippen molar-refractivity contribution in [2.75, 3.05) is 13.1 Å². The summed E-state index contributed by atoms with van der Waals surface area (Å²) >= 11 is 0. The summed E-state index contributed by atoms with van der Waals surface area (Å²) in [5.41, 5.74) is 1.28. The Balaban J connectivity index is 1.78. The van der Waals surface area contributed by atoms with Crippen LogP contribution in [-0.2, 0) is 11.2 Å². The number of ketones is 1. The zero-order valence-corrected chi connectivity index (χ0v) is 10.3. The Morgan fingerprint density at radius 3 is 2.71 bits per heavy atom. The largest absolute Gasteiger partial charge is 0.298 e. The van der Waals surface area contributed by atoms with Crippen LogP contribution in [0.1, 0.15) is 18.9 Å². The molecule has 0 N–H and O–H groups in total. The Labute approximate surface area is 103 Å². The smallest absolute Gasteiger partial charge is 0.153 e. The van der Waals surface area contributed by atoms with E-state index in [9.17, 15) is 4.79 Å². The Hall–Kier alpha value is -1.15. The van der Waals surface area contributed by atoms with Crippen LogP contribution >= 0.6 is 0 Å². The molecule has 3 fully saturated rings. The van der Waals surface area contributed by atoms with Crippen molar-refractivity contribution in [3.63, 3.8) is 0 Å². The van der Waals surface area contributed by atoms with Gasteiger partial charge in [-0.15, -0.1) is 0 Å². The van der Waals surface area contributed by atoms with Crippen LogP contribution < -0.4 is 0 Å². The van der Waals surface area contributed by atoms with E-state index in [1.807, 2.05) is 6.07 Å². The van der Waals surface area contributed by atoms with E-state index in [0.717, 1.165) is 25.9 Å². The molecule has 2 bridgehead atoms. The van der Waals surface area contributed by atoms with Crippen molar-refractivity contribution >= 4 is 5.78 Å². The fourth-order valence-corrected chi connectivity index (χ4v) is 3.38. The lowest BCUT2D eigenvalue weighted by Gasteiger charge is -2.47. The SMILES string of the molecule is CC1CN2CCC1C(=O)C2Cc1ccccc1. The van der Waals surface area contributed by atoms with Crippen LogP contribution in [0.15, 0.2) is 30.3 Å². The second-order valence-electron chi connectivity index (χ2n) is 5.48. The van der Waals surface area contributed by atoms with E-state index < -0.39 is 0 Å². The number of piperidine rings is 3. The Bertz CT molecular complexity index is 414. The lowest BCUT2D eigenvalue weighted by Crippen LogP contribution is -2.59. The highest BCUT2D eigenvalue weighted by Gasteiger charge is 2.44. The van der Waals surface area contributed by atoms with Gasteiger partial charge in [0, 0.05) is 12.5 Å². The summed E-state index contributed by atoms with van der Waals surface area (Å²) in [6.07, 6.45) is 1.97. The summed E-state index contributed by atoms with van der Waals surface area (Å²) < 4.78 is 0. The topological polar surface area (TPSA) is 20.3 Å². The predicted octanol–water partition coefficient (Wildman–Crippen LogP) is 2.14. The van der Waals surface area contributed by atoms with Gasteiger partial charge in [-0.3, -0.25) is 9.69 Å². The molecule has 3 aliphatic rings. The maximum absolute atomic E-state index is 12.4. The molecule has 0 amide bonds. The molecule has 1 aromatic rings. The molecule has 3 heterocycles. The van der Waals surface area contributed by atoms with E-state index in [1.54, 1.807) is 0 Å². The average molecular weight is 229 g/mol. The molecule has 0 spiro atoms. The van der Waals surface area contributed by atoms with E-state index in [-0.39, 0.29) is 6.04 Å². The van der Waals surface area contributed by atoms with Gasteiger partial charge in [-0.25, -0.2) is 0 Å². The Morgan fingerprint density at radius 1 is 1.29 bits per heavy atom. The van der Waals surface area contributed by atoms with Gasteiger partial charge < -0.3 is 0 Å². The maximum Gasteiger partial charge on any atom is 0.153 e. The molecule has 0 aliphatic carbocycles. The standard InChI is InChI=1S/C15H19NO/c1-11-10-16-8-7-13(11)15(17)14(16)9-12-5-3-2-4-6-12/h2-6,11,13-14H,7-10H2,1H3. The molecule has 3 aliphatic heterocycles. The fraction of sp³-hybridized carbons (Fsp3) is 0.533. The van der Waals surface area contributed by atoms with Crippen molar-refractivity contribution in [1.29, 1.82) is 0 Å². The molecule has 4 atom stereocenters. The van der Waals surface area contributed by atoms with Crippen LogP contribution in [0, 0.1) is 11.8 Å². The Kier molecular flexibility index (Phi) is 2.75. The van der Waals surface area contributed by atoms with Gasteiger partial charge in [0.15, 0.2) is 5.78 Å². The number of fused-ring (bicyclic) bond motifs is 3. The fourth-order valence-electron chi connectivity index (χ4n) is 3.38. The van der Waals surface area contributed by atoms with Gasteiger partial charge in [-0.05, 0) is 30.9 Å². The van der Waals surface area contributed by atoms with Gasteiger partial charge in [-0.2, -0.15) is 0 Å². The first kappa shape index (κ1) is 11.0. The second kappa shape index (κ2) is 4.26. The van der Waals surface area contributed by atoms with Crippen LogP contribution in [0.25, 0.3) is 0 Å². The number of benzene rings is 1. The minimum atomic E-state index is 0.146. The third kappa shape index (κ3) is 1.91. The van der Waals surface area contributed by atoms with Crippen molar-refractivity contribution in [3.05, 3.63) is 35.9 Å². The van der Waals surface area contributed by atoms with Crippen LogP contribution in [0.2, 0.25) is 0 Å². The molecule has 90 valence electrons. The molecular formula is C15H19NO. The zero-order chi connectivity index (χ0) is 11.8. The molecule has 0 aromatic heterocycles. The van der Waals surface area contributed by atoms with Gasteiger partial charge in [0.05, 0.1) is 6.04 Å². The lowest BCUT2D eigenvalue weighted by molar-refractivity contribution is -0.140. The molecule has 3 saturated heterocycles. The highest BCUT2D eigenvalue weighted by Crippen LogP contribution is 2.34. The van der Waals surface area contributed by atoms with Gasteiger partial charge in [0.2, 0.25) is 0 Å². The van der Waals surface area contributed by atoms with Gasteiger partial charge in [0.25, 0.3) is 0 Å². The van der Waals surface area contributed by atoms with Crippen LogP contribution in [0.3, 0.4) is 0 Å². The second-order valence-corrected chi connectivity index (χ2v) is 5.48. The first-order valence-corrected chi connectivity index (χ1v) is 6.57. The Morgan fingerprint density at radius 2 is 2.06 bits per heavy atom. The van der Waals surface area contributed by atoms with Crippen molar-refractivity contribution < 1.29 is 4.79 Å². The molecule has 4 unspecified atom stereocenters. The van der Waals surface area contributed by atoms with E-state index in [0.29, 0.717) is 17.6 Å². The highest BCUT2D eigenvalue weighted by molar-refractivity contribution is 5.88. The number of hydrogen-bond acceptors (Lipinski definition) is 2. The molecular weight excluding hydrogens is 210 g/mol. The minimum absolute atomic E-state index is 0.146. The minimum Gasteiger partial charge on any atom is -0.298 e. The molecule has 17 heavy (non-hydrogen) atoms. The number of rotatable bonds is 2. The molecule has 4 rings (SSSR count). The van der Waals surface area contributed by atoms with E-state index in [4.69, 9.17) is 0 Å². The van der Waals surface area contributed by atoms with Crippen molar-refractivity contribution in [2.45, 2.75) is 25.8 Å². The number of hydrogen-bond donors (Lipinski definition) is 0. The van der Waals surface area contributed by atoms with E-state index >= 15 is 0 Å². The van der Waals surface area contributed by atoms with Gasteiger partial charge >= 0.3 is 0 Å². The van der Waals surface area contributed by atoms with E-state index in [2.05, 4.69) is 36.1 Å². The van der Waals surface area contributed by atoms with Crippen molar-refractivity contribution in [2.24, 2.45) is 11.8 Å². The summed E-state index contributed by atoms with van der Waals surface area (Å²) in [5.74, 6) is 1.37. The van der Waals surface area contributed by atoms with Crippen molar-refractivity contribution in [3.8, 4) is 0 Å². The molecule has 0 radical (unpaired) electrons. The molecule has 1 aromatic carbocycles. The third-order valence-electron chi connectivity index (χ3n) is 4.34. The normalized spacial score (nSPS) is 36.2. The first-order valence-electron chi connectivity index (χ1n) is 6.57. The molecule has 2 heteroatoms. The number of carbonyl (C=O) groups is 1. The highest BCUT2D eigenvalue weighted by atomic mass is 16.1. The van der Waals surface area contributed by atoms with Crippen molar-refractivity contribution in [1.82, 2.24) is 4.90 Å². The predicted molar refractivity (Wildman–Crippen MR) is 67.8 cm³/mol. The zero-order valence-electron chi connectivity index (χ0n) is 10.3. The summed E-state index contributed by atoms with van der Waals surface area (Å²) in [4.78, 5) is 14.7. The van der Waals surface area contributed by atoms with Gasteiger partial charge in [-0.1, -0.05) is 37.3 Å². The summed E-state index contributed by atoms with van der Waals surface area (Å²) in [7, 11) is 0. The lowest BCUT2D eigenvalue weighted by atomic mass is 9.74. The molecule has 2 nitrogen and oxygen atoms in total. The summed E-state index contributed by atoms with van der Waals surface area (Å²) in [6, 6.07) is 10.5. The molecule has 0 saturated carbocycles. The first-order chi connectivity index (χ1) is 8.25. The number of nitrogens with zero attached hydrogens (tertiary/aromatic N) is 1. The van der Waals surface area contributed by atoms with Crippen LogP contribution in [0.5, 0.6) is 0 Å². The number of Topliss-reactive ketones (excluding diaryl/α,β-unsaturated/α-hetero) is 1. The monoisotopic (exact) mass is 229 g/mol. The maximum atomic E-state index is 12.4.